The number of nitrogens with zero attached hydrogens (tertiary/aromatic N) is 5. The van der Waals surface area contributed by atoms with Crippen LogP contribution in [0, 0.1) is 5.92 Å². The lowest BCUT2D eigenvalue weighted by Crippen LogP contribution is -2.56. The third-order valence-corrected chi connectivity index (χ3v) is 9.43. The van der Waals surface area contributed by atoms with E-state index in [-0.39, 0.29) is 25.3 Å². The number of alkyl carbamates (subject to hydrolysis) is 1. The Balaban J connectivity index is 1.32. The fraction of sp³-hybridized carbons (Fsp3) is 0.514. The number of tetrazole rings is 1. The number of carboxylic acids is 1. The molecule has 49 heavy (non-hydrogen) atoms. The molecule has 5 atom stereocenters. The van der Waals surface area contributed by atoms with Gasteiger partial charge in [-0.3, -0.25) is 9.59 Å². The Bertz CT molecular complexity index is 1780. The van der Waals surface area contributed by atoms with Crippen LogP contribution in [0.3, 0.4) is 0 Å². The summed E-state index contributed by atoms with van der Waals surface area (Å²) in [5.74, 6) is -1.44. The molecule has 0 radical (unpaired) electrons. The minimum atomic E-state index is -1.44. The second-order valence-corrected chi connectivity index (χ2v) is 14.0. The number of rotatable bonds is 5. The highest BCUT2D eigenvalue weighted by Gasteiger charge is 2.61. The number of carboxylic acid groups (broad SMARTS) is 1. The first-order valence-corrected chi connectivity index (χ1v) is 16.8. The molecule has 3 aliphatic rings. The Hall–Kier alpha value is -5.01. The zero-order valence-electron chi connectivity index (χ0n) is 28.2. The van der Waals surface area contributed by atoms with E-state index in [1.807, 2.05) is 48.6 Å². The first-order valence-electron chi connectivity index (χ1n) is 16.8. The van der Waals surface area contributed by atoms with E-state index >= 15 is 0 Å². The second-order valence-electron chi connectivity index (χ2n) is 14.0. The van der Waals surface area contributed by atoms with Crippen molar-refractivity contribution in [2.24, 2.45) is 5.92 Å². The molecule has 2 aliphatic heterocycles. The van der Waals surface area contributed by atoms with Gasteiger partial charge in [-0.15, -0.1) is 10.2 Å². The molecule has 1 saturated carbocycles. The highest BCUT2D eigenvalue weighted by atomic mass is 16.6. The molecule has 2 aromatic carbocycles. The molecule has 14 heteroatoms. The van der Waals surface area contributed by atoms with Crippen LogP contribution in [-0.4, -0.2) is 91.0 Å². The van der Waals surface area contributed by atoms with Crippen molar-refractivity contribution in [1.29, 1.82) is 0 Å². The summed E-state index contributed by atoms with van der Waals surface area (Å²) in [6.45, 7) is 5.26. The van der Waals surface area contributed by atoms with E-state index in [1.54, 1.807) is 27.9 Å². The Kier molecular flexibility index (Phi) is 9.32. The van der Waals surface area contributed by atoms with E-state index in [1.165, 1.54) is 9.70 Å². The topological polar surface area (TPSA) is 178 Å². The van der Waals surface area contributed by atoms with E-state index in [9.17, 15) is 24.3 Å². The number of benzene rings is 2. The van der Waals surface area contributed by atoms with Crippen LogP contribution >= 0.6 is 0 Å². The van der Waals surface area contributed by atoms with E-state index < -0.39 is 53.1 Å². The summed E-state index contributed by atoms with van der Waals surface area (Å²) in [6, 6.07) is 8.86. The molecule has 260 valence electrons. The maximum absolute atomic E-state index is 14.3. The van der Waals surface area contributed by atoms with Gasteiger partial charge in [0.1, 0.15) is 29.0 Å². The van der Waals surface area contributed by atoms with Crippen molar-refractivity contribution in [3.8, 4) is 17.1 Å². The highest BCUT2D eigenvalue weighted by molar-refractivity contribution is 5.99. The van der Waals surface area contributed by atoms with Crippen LogP contribution in [0.2, 0.25) is 0 Å². The van der Waals surface area contributed by atoms with Crippen molar-refractivity contribution in [3.05, 3.63) is 48.6 Å². The number of amides is 3. The van der Waals surface area contributed by atoms with Gasteiger partial charge in [0.15, 0.2) is 0 Å². The number of nitrogens with one attached hydrogen (secondary N) is 2. The van der Waals surface area contributed by atoms with Crippen molar-refractivity contribution < 1.29 is 33.8 Å². The van der Waals surface area contributed by atoms with Gasteiger partial charge in [-0.1, -0.05) is 49.3 Å². The summed E-state index contributed by atoms with van der Waals surface area (Å²) in [5, 5.41) is 30.8. The quantitative estimate of drug-likeness (QED) is 0.335. The molecule has 0 spiro atoms. The highest BCUT2D eigenvalue weighted by Crippen LogP contribution is 2.45. The fourth-order valence-corrected chi connectivity index (χ4v) is 6.83. The Morgan fingerprint density at radius 3 is 2.59 bits per heavy atom. The van der Waals surface area contributed by atoms with Crippen molar-refractivity contribution >= 4 is 34.6 Å². The van der Waals surface area contributed by atoms with Crippen LogP contribution < -0.4 is 15.4 Å². The molecule has 0 bridgehead atoms. The number of aromatic nitrogens is 4. The summed E-state index contributed by atoms with van der Waals surface area (Å²) >= 11 is 0. The van der Waals surface area contributed by atoms with Gasteiger partial charge in [0.2, 0.25) is 17.6 Å². The van der Waals surface area contributed by atoms with Gasteiger partial charge in [0.05, 0.1) is 13.2 Å². The number of carbonyl (C=O) groups is 4. The van der Waals surface area contributed by atoms with Gasteiger partial charge in [0, 0.05) is 29.8 Å². The number of aliphatic carboxylic acids is 1. The lowest BCUT2D eigenvalue weighted by atomic mass is 10.0. The largest absolute Gasteiger partial charge is 0.496 e. The van der Waals surface area contributed by atoms with Crippen molar-refractivity contribution in [2.75, 3.05) is 13.7 Å². The summed E-state index contributed by atoms with van der Waals surface area (Å²) < 4.78 is 11.0. The van der Waals surface area contributed by atoms with E-state index in [0.717, 1.165) is 35.6 Å². The molecule has 6 rings (SSSR count). The molecule has 3 N–H and O–H groups in total. The van der Waals surface area contributed by atoms with Crippen LogP contribution in [-0.2, 0) is 19.1 Å². The minimum Gasteiger partial charge on any atom is -0.496 e. The van der Waals surface area contributed by atoms with Gasteiger partial charge >= 0.3 is 12.1 Å². The van der Waals surface area contributed by atoms with Gasteiger partial charge < -0.3 is 30.1 Å². The number of methoxy groups -OCH3 is 1. The van der Waals surface area contributed by atoms with Crippen molar-refractivity contribution in [3.63, 3.8) is 0 Å². The zero-order valence-corrected chi connectivity index (χ0v) is 28.2. The van der Waals surface area contributed by atoms with Crippen LogP contribution in [0.25, 0.3) is 22.2 Å². The van der Waals surface area contributed by atoms with Gasteiger partial charge in [-0.2, -0.15) is 4.80 Å². The van der Waals surface area contributed by atoms with E-state index in [4.69, 9.17) is 9.47 Å². The van der Waals surface area contributed by atoms with Gasteiger partial charge in [-0.25, -0.2) is 9.59 Å². The van der Waals surface area contributed by atoms with Crippen LogP contribution in [0.5, 0.6) is 5.75 Å². The molecule has 1 saturated heterocycles. The molecule has 2 fully saturated rings. The molecule has 1 aliphatic carbocycles. The lowest BCUT2D eigenvalue weighted by Gasteiger charge is -2.30. The first-order chi connectivity index (χ1) is 23.4. The SMILES string of the molecule is COc1ccc(-c2nnn([C@@H]3C[C@H]4C(=O)N[C@]5(C(=O)O)C[C@H]5C=CCCCCC[C@H](NC(=O)OC(C)(C)C)C(=O)N4C3)n2)c2ccccc12. The summed E-state index contributed by atoms with van der Waals surface area (Å²) in [5.41, 5.74) is -1.48. The molecule has 3 aromatic rings. The number of fused-ring (bicyclic) bond motifs is 3. The van der Waals surface area contributed by atoms with Crippen LogP contribution in [0.4, 0.5) is 4.79 Å². The Morgan fingerprint density at radius 1 is 1.08 bits per heavy atom. The van der Waals surface area contributed by atoms with Gasteiger partial charge in [0.25, 0.3) is 0 Å². The van der Waals surface area contributed by atoms with Crippen LogP contribution in [0.15, 0.2) is 48.6 Å². The summed E-state index contributed by atoms with van der Waals surface area (Å²) in [7, 11) is 1.61. The summed E-state index contributed by atoms with van der Waals surface area (Å²) in [4.78, 5) is 56.4. The lowest BCUT2D eigenvalue weighted by molar-refractivity contribution is -0.145. The average Bonchev–Trinajstić information content (AvgIpc) is 3.36. The van der Waals surface area contributed by atoms with Crippen molar-refractivity contribution in [2.45, 2.75) is 95.0 Å². The number of ether oxygens (including phenoxy) is 2. The van der Waals surface area contributed by atoms with Crippen LogP contribution in [0.1, 0.15) is 71.8 Å². The molecule has 14 nitrogen and oxygen atoms in total. The molecule has 0 unspecified atom stereocenters. The first kappa shape index (κ1) is 33.9. The minimum absolute atomic E-state index is 0.0476. The average molecular weight is 674 g/mol. The monoisotopic (exact) mass is 673 g/mol. The maximum atomic E-state index is 14.3. The third kappa shape index (κ3) is 7.08. The Labute approximate surface area is 284 Å². The predicted molar refractivity (Wildman–Crippen MR) is 178 cm³/mol. The number of hydrogen-bond donors (Lipinski definition) is 3. The smallest absolute Gasteiger partial charge is 0.408 e. The Morgan fingerprint density at radius 2 is 1.86 bits per heavy atom. The third-order valence-electron chi connectivity index (χ3n) is 9.43. The maximum Gasteiger partial charge on any atom is 0.408 e. The number of carbonyl (C=O) groups excluding carboxylic acids is 3. The number of allylic oxidation sites excluding steroid dienone is 1. The normalized spacial score (nSPS) is 26.2. The van der Waals surface area contributed by atoms with E-state index in [2.05, 4.69) is 26.0 Å². The van der Waals surface area contributed by atoms with Crippen molar-refractivity contribution in [1.82, 2.24) is 35.7 Å². The summed E-state index contributed by atoms with van der Waals surface area (Å²) in [6.07, 6.45) is 6.85. The standard InChI is InChI=1S/C35H43N7O7/c1-34(2,3)49-33(47)36-26-15-9-7-5-6-8-12-21-19-35(21,32(45)46)37-30(43)27-18-22(20-41(27)31(26)44)42-39-29(38-40-42)25-16-17-28(48-4)24-14-11-10-13-23(24)25/h8,10-14,16-17,21-22,26-27H,5-7,9,15,18-20H2,1-4H3,(H,36,47)(H,37,43)(H,45,46)/t21-,22-,26+,27+,35-/m1/s1. The van der Waals surface area contributed by atoms with Gasteiger partial charge in [-0.05, 0) is 69.2 Å². The second kappa shape index (κ2) is 13.5. The molecule has 3 heterocycles. The number of hydrogen-bond acceptors (Lipinski definition) is 9. The zero-order chi connectivity index (χ0) is 34.9. The molecule has 3 amide bonds. The molecular weight excluding hydrogens is 630 g/mol. The van der Waals surface area contributed by atoms with E-state index in [0.29, 0.717) is 24.4 Å². The fourth-order valence-electron chi connectivity index (χ4n) is 6.83. The molecule has 1 aromatic heterocycles. The molecular formula is C35H43N7O7. The predicted octanol–water partition coefficient (Wildman–Crippen LogP) is 4.02.